The third-order valence-corrected chi connectivity index (χ3v) is 5.69. The first-order valence-electron chi connectivity index (χ1n) is 9.37. The Hall–Kier alpha value is -2.90. The number of likely N-dealkylation sites (tertiary alicyclic amines) is 1. The van der Waals surface area contributed by atoms with Crippen LogP contribution in [-0.4, -0.2) is 54.1 Å². The summed E-state index contributed by atoms with van der Waals surface area (Å²) in [5.74, 6) is 1.02. The molecule has 0 radical (unpaired) electrons. The maximum Gasteiger partial charge on any atom is 0.288 e. The summed E-state index contributed by atoms with van der Waals surface area (Å²) in [4.78, 5) is 35.0. The van der Waals surface area contributed by atoms with Crippen LogP contribution in [0.5, 0.6) is 5.75 Å². The molecule has 148 valence electrons. The summed E-state index contributed by atoms with van der Waals surface area (Å²) in [6, 6.07) is 7.56. The van der Waals surface area contributed by atoms with Crippen LogP contribution in [0.2, 0.25) is 0 Å². The normalized spacial score (nSPS) is 21.1. The molecule has 3 heterocycles. The quantitative estimate of drug-likeness (QED) is 0.859. The zero-order valence-corrected chi connectivity index (χ0v) is 15.9. The summed E-state index contributed by atoms with van der Waals surface area (Å²) in [6.07, 6.45) is 0.319. The summed E-state index contributed by atoms with van der Waals surface area (Å²) in [7, 11) is 1.60. The number of H-pyrrole nitrogens is 1. The number of anilines is 1. The summed E-state index contributed by atoms with van der Waals surface area (Å²) >= 11 is 0. The van der Waals surface area contributed by atoms with Gasteiger partial charge in [-0.2, -0.15) is 4.39 Å². The topological polar surface area (TPSA) is 78.5 Å². The fourth-order valence-electron chi connectivity index (χ4n) is 4.20. The van der Waals surface area contributed by atoms with Gasteiger partial charge in [-0.25, -0.2) is 4.98 Å². The third kappa shape index (κ3) is 3.34. The second kappa shape index (κ2) is 7.26. The number of nitrogens with one attached hydrogen (secondary N) is 1. The average Bonchev–Trinajstić information content (AvgIpc) is 3.25. The molecule has 1 amide bonds. The van der Waals surface area contributed by atoms with E-state index in [9.17, 15) is 14.0 Å². The SMILES string of the molecule is COc1ccccc1CC(=O)N1CC2CN(c3nc(C)c(F)c(=O)[nH]3)CC2C1. The van der Waals surface area contributed by atoms with Gasteiger partial charge in [0, 0.05) is 43.6 Å². The Balaban J connectivity index is 1.40. The number of carbonyl (C=O) groups excluding carboxylic acids is 1. The van der Waals surface area contributed by atoms with E-state index in [-0.39, 0.29) is 11.6 Å². The monoisotopic (exact) mass is 386 g/mol. The highest BCUT2D eigenvalue weighted by molar-refractivity contribution is 5.80. The number of rotatable bonds is 4. The number of fused-ring (bicyclic) bond motifs is 1. The molecular weight excluding hydrogens is 363 g/mol. The number of halogens is 1. The Morgan fingerprint density at radius 1 is 1.25 bits per heavy atom. The van der Waals surface area contributed by atoms with Crippen molar-refractivity contribution in [1.29, 1.82) is 0 Å². The van der Waals surface area contributed by atoms with Gasteiger partial charge in [0.15, 0.2) is 0 Å². The Kier molecular flexibility index (Phi) is 4.78. The molecule has 8 heteroatoms. The lowest BCUT2D eigenvalue weighted by molar-refractivity contribution is -0.129. The number of ether oxygens (including phenoxy) is 1. The highest BCUT2D eigenvalue weighted by Gasteiger charge is 2.42. The number of amides is 1. The van der Waals surface area contributed by atoms with E-state index in [0.29, 0.717) is 50.4 Å². The van der Waals surface area contributed by atoms with Crippen molar-refractivity contribution < 1.29 is 13.9 Å². The van der Waals surface area contributed by atoms with Crippen LogP contribution in [0.4, 0.5) is 10.3 Å². The number of nitrogens with zero attached hydrogens (tertiary/aromatic N) is 3. The van der Waals surface area contributed by atoms with Crippen molar-refractivity contribution in [3.8, 4) is 5.75 Å². The molecule has 2 aliphatic rings. The molecule has 2 aromatic rings. The van der Waals surface area contributed by atoms with E-state index in [1.807, 2.05) is 34.1 Å². The van der Waals surface area contributed by atoms with Crippen molar-refractivity contribution in [3.05, 3.63) is 51.7 Å². The number of hydrogen-bond donors (Lipinski definition) is 1. The fourth-order valence-corrected chi connectivity index (χ4v) is 4.20. The van der Waals surface area contributed by atoms with Gasteiger partial charge in [0.25, 0.3) is 5.56 Å². The van der Waals surface area contributed by atoms with Gasteiger partial charge in [0.1, 0.15) is 5.75 Å². The summed E-state index contributed by atoms with van der Waals surface area (Å²) in [5, 5.41) is 0. The number of aromatic amines is 1. The summed E-state index contributed by atoms with van der Waals surface area (Å²) < 4.78 is 18.9. The first kappa shape index (κ1) is 18.5. The standard InChI is InChI=1S/C20H23FN4O3/c1-12-18(21)19(27)23-20(22-12)25-10-14-8-24(9-15(14)11-25)17(26)7-13-5-3-4-6-16(13)28-2/h3-6,14-15H,7-11H2,1-2H3,(H,22,23,27). The van der Waals surface area contributed by atoms with Crippen LogP contribution in [0.3, 0.4) is 0 Å². The molecule has 2 unspecified atom stereocenters. The minimum Gasteiger partial charge on any atom is -0.496 e. The molecule has 1 N–H and O–H groups in total. The number of hydrogen-bond acceptors (Lipinski definition) is 5. The fraction of sp³-hybridized carbons (Fsp3) is 0.450. The number of methoxy groups -OCH3 is 1. The first-order chi connectivity index (χ1) is 13.5. The van der Waals surface area contributed by atoms with Gasteiger partial charge in [-0.1, -0.05) is 18.2 Å². The van der Waals surface area contributed by atoms with E-state index in [0.717, 1.165) is 11.3 Å². The van der Waals surface area contributed by atoms with E-state index in [2.05, 4.69) is 9.97 Å². The largest absolute Gasteiger partial charge is 0.496 e. The average molecular weight is 386 g/mol. The molecule has 2 fully saturated rings. The highest BCUT2D eigenvalue weighted by Crippen LogP contribution is 2.33. The molecule has 1 aromatic carbocycles. The zero-order chi connectivity index (χ0) is 19.8. The lowest BCUT2D eigenvalue weighted by atomic mass is 10.0. The molecule has 1 aromatic heterocycles. The van der Waals surface area contributed by atoms with Gasteiger partial charge in [-0.15, -0.1) is 0 Å². The molecule has 0 aliphatic carbocycles. The van der Waals surface area contributed by atoms with Crippen LogP contribution in [-0.2, 0) is 11.2 Å². The van der Waals surface area contributed by atoms with Crippen LogP contribution < -0.4 is 15.2 Å². The minimum absolute atomic E-state index is 0.0922. The second-order valence-electron chi connectivity index (χ2n) is 7.50. The maximum absolute atomic E-state index is 13.5. The molecule has 7 nitrogen and oxygen atoms in total. The number of aryl methyl sites for hydroxylation is 1. The zero-order valence-electron chi connectivity index (χ0n) is 15.9. The lowest BCUT2D eigenvalue weighted by Crippen LogP contribution is -2.35. The van der Waals surface area contributed by atoms with Gasteiger partial charge in [-0.3, -0.25) is 14.6 Å². The molecule has 4 rings (SSSR count). The van der Waals surface area contributed by atoms with Crippen molar-refractivity contribution in [2.24, 2.45) is 11.8 Å². The Bertz CT molecular complexity index is 947. The Labute approximate surface area is 162 Å². The molecule has 28 heavy (non-hydrogen) atoms. The molecule has 0 saturated carbocycles. The number of benzene rings is 1. The van der Waals surface area contributed by atoms with E-state index < -0.39 is 11.4 Å². The van der Waals surface area contributed by atoms with Crippen LogP contribution in [0.25, 0.3) is 0 Å². The predicted molar refractivity (Wildman–Crippen MR) is 102 cm³/mol. The molecule has 2 aliphatic heterocycles. The molecule has 0 bridgehead atoms. The van der Waals surface area contributed by atoms with Crippen LogP contribution in [0.1, 0.15) is 11.3 Å². The molecular formula is C20H23FN4O3. The highest BCUT2D eigenvalue weighted by atomic mass is 19.1. The van der Waals surface area contributed by atoms with Gasteiger partial charge in [-0.05, 0) is 13.0 Å². The van der Waals surface area contributed by atoms with E-state index in [4.69, 9.17) is 4.74 Å². The second-order valence-corrected chi connectivity index (χ2v) is 7.50. The van der Waals surface area contributed by atoms with Gasteiger partial charge < -0.3 is 14.5 Å². The van der Waals surface area contributed by atoms with Crippen molar-refractivity contribution >= 4 is 11.9 Å². The summed E-state index contributed by atoms with van der Waals surface area (Å²) in [5.41, 5.74) is 0.245. The summed E-state index contributed by atoms with van der Waals surface area (Å²) in [6.45, 7) is 4.23. The van der Waals surface area contributed by atoms with Gasteiger partial charge >= 0.3 is 0 Å². The number of carbonyl (C=O) groups is 1. The first-order valence-corrected chi connectivity index (χ1v) is 9.37. The van der Waals surface area contributed by atoms with E-state index in [1.54, 1.807) is 7.11 Å². The van der Waals surface area contributed by atoms with Crippen molar-refractivity contribution in [1.82, 2.24) is 14.9 Å². The van der Waals surface area contributed by atoms with Crippen molar-refractivity contribution in [3.63, 3.8) is 0 Å². The van der Waals surface area contributed by atoms with Gasteiger partial charge in [0.2, 0.25) is 17.7 Å². The molecule has 2 atom stereocenters. The van der Waals surface area contributed by atoms with Crippen LogP contribution >= 0.6 is 0 Å². The number of aromatic nitrogens is 2. The predicted octanol–water partition coefficient (Wildman–Crippen LogP) is 1.36. The van der Waals surface area contributed by atoms with Crippen molar-refractivity contribution in [2.45, 2.75) is 13.3 Å². The Morgan fingerprint density at radius 3 is 2.57 bits per heavy atom. The van der Waals surface area contributed by atoms with Crippen LogP contribution in [0, 0.1) is 24.6 Å². The Morgan fingerprint density at radius 2 is 1.93 bits per heavy atom. The van der Waals surface area contributed by atoms with Crippen LogP contribution in [0.15, 0.2) is 29.1 Å². The third-order valence-electron chi connectivity index (χ3n) is 5.69. The minimum atomic E-state index is -0.837. The number of para-hydroxylation sites is 1. The lowest BCUT2D eigenvalue weighted by Gasteiger charge is -2.22. The van der Waals surface area contributed by atoms with E-state index >= 15 is 0 Å². The maximum atomic E-state index is 13.5. The molecule has 2 saturated heterocycles. The smallest absolute Gasteiger partial charge is 0.288 e. The van der Waals surface area contributed by atoms with Gasteiger partial charge in [0.05, 0.1) is 19.2 Å². The van der Waals surface area contributed by atoms with Crippen molar-refractivity contribution in [2.75, 3.05) is 38.2 Å². The van der Waals surface area contributed by atoms with E-state index in [1.165, 1.54) is 6.92 Å². The molecule has 0 spiro atoms.